The van der Waals surface area contributed by atoms with E-state index in [2.05, 4.69) is 64.8 Å². The first kappa shape index (κ1) is 19.3. The lowest BCUT2D eigenvalue weighted by atomic mass is 9.76. The van der Waals surface area contributed by atoms with Gasteiger partial charge in [-0.25, -0.2) is 0 Å². The average Bonchev–Trinajstić information content (AvgIpc) is 2.81. The molecule has 3 fully saturated rings. The van der Waals surface area contributed by atoms with E-state index in [0.717, 1.165) is 30.4 Å². The number of benzene rings is 3. The predicted molar refractivity (Wildman–Crippen MR) is 122 cm³/mol. The molecule has 3 aliphatic rings. The zero-order valence-electron chi connectivity index (χ0n) is 17.4. The summed E-state index contributed by atoms with van der Waals surface area (Å²) in [5, 5.41) is 3.92. The third kappa shape index (κ3) is 4.43. The number of ether oxygens (including phenoxy) is 1. The minimum absolute atomic E-state index is 0.548. The number of rotatable bonds is 7. The van der Waals surface area contributed by atoms with Gasteiger partial charge in [-0.15, -0.1) is 0 Å². The fraction of sp³-hybridized carbons (Fsp3) is 0.333. The Morgan fingerprint density at radius 3 is 2.20 bits per heavy atom. The van der Waals surface area contributed by atoms with Crippen LogP contribution < -0.4 is 10.1 Å². The van der Waals surface area contributed by atoms with E-state index in [4.69, 9.17) is 4.74 Å². The Kier molecular flexibility index (Phi) is 5.82. The Balaban J connectivity index is 1.30. The maximum atomic E-state index is 6.07. The molecule has 2 atom stereocenters. The van der Waals surface area contributed by atoms with Crippen molar-refractivity contribution in [3.8, 4) is 11.5 Å². The van der Waals surface area contributed by atoms with Crippen LogP contribution in [0.5, 0.6) is 11.5 Å². The number of fused-ring (bicyclic) bond motifs is 3. The maximum absolute atomic E-state index is 6.07. The summed E-state index contributed by atoms with van der Waals surface area (Å²) < 4.78 is 6.07. The van der Waals surface area contributed by atoms with Crippen LogP contribution >= 0.6 is 0 Å². The summed E-state index contributed by atoms with van der Waals surface area (Å²) in [5.41, 5.74) is 2.72. The van der Waals surface area contributed by atoms with Crippen molar-refractivity contribution in [2.75, 3.05) is 13.1 Å². The number of piperidine rings is 3. The summed E-state index contributed by atoms with van der Waals surface area (Å²) in [6, 6.07) is 30.5. The zero-order valence-corrected chi connectivity index (χ0v) is 17.4. The highest BCUT2D eigenvalue weighted by atomic mass is 16.5. The number of hydrogen-bond donors (Lipinski definition) is 1. The van der Waals surface area contributed by atoms with Crippen molar-refractivity contribution >= 4 is 0 Å². The second-order valence-corrected chi connectivity index (χ2v) is 8.60. The van der Waals surface area contributed by atoms with Gasteiger partial charge in [-0.05, 0) is 73.7 Å². The van der Waals surface area contributed by atoms with Crippen LogP contribution in [0, 0.1) is 5.92 Å². The van der Waals surface area contributed by atoms with Crippen LogP contribution in [0.25, 0.3) is 0 Å². The third-order valence-corrected chi connectivity index (χ3v) is 6.67. The second-order valence-electron chi connectivity index (χ2n) is 8.60. The molecule has 0 amide bonds. The van der Waals surface area contributed by atoms with Gasteiger partial charge in [0.05, 0.1) is 0 Å². The monoisotopic (exact) mass is 398 g/mol. The Morgan fingerprint density at radius 2 is 1.43 bits per heavy atom. The molecule has 6 rings (SSSR count). The standard InChI is InChI=1S/C27H30N2O/c1-3-8-21(9-4-1)20-28-27-23-14-16-29(17-15-23)26(27)19-22-10-7-13-25(18-22)30-24-11-5-2-6-12-24/h1-13,18,23,26-28H,14-17,19-20H2. The van der Waals surface area contributed by atoms with Crippen molar-refractivity contribution in [3.05, 3.63) is 96.1 Å². The van der Waals surface area contributed by atoms with Gasteiger partial charge in [-0.1, -0.05) is 60.7 Å². The SMILES string of the molecule is c1ccc(CNC2C3CCN(CC3)C2Cc2cccc(Oc3ccccc3)c2)cc1. The van der Waals surface area contributed by atoms with Crippen LogP contribution in [-0.4, -0.2) is 30.1 Å². The summed E-state index contributed by atoms with van der Waals surface area (Å²) in [6.45, 7) is 3.42. The zero-order chi connectivity index (χ0) is 20.2. The van der Waals surface area contributed by atoms with Gasteiger partial charge < -0.3 is 10.1 Å². The predicted octanol–water partition coefficient (Wildman–Crippen LogP) is 5.27. The van der Waals surface area contributed by atoms with Crippen LogP contribution in [0.15, 0.2) is 84.9 Å². The molecule has 2 bridgehead atoms. The van der Waals surface area contributed by atoms with E-state index in [1.165, 1.54) is 37.1 Å². The first-order chi connectivity index (χ1) is 14.8. The van der Waals surface area contributed by atoms with Gasteiger partial charge in [-0.3, -0.25) is 4.90 Å². The van der Waals surface area contributed by atoms with E-state index >= 15 is 0 Å². The quantitative estimate of drug-likeness (QED) is 0.586. The number of nitrogens with one attached hydrogen (secondary N) is 1. The van der Waals surface area contributed by atoms with E-state index in [1.807, 2.05) is 30.3 Å². The molecule has 2 unspecified atom stereocenters. The summed E-state index contributed by atoms with van der Waals surface area (Å²) in [5.74, 6) is 2.59. The van der Waals surface area contributed by atoms with Crippen molar-refractivity contribution in [1.82, 2.24) is 10.2 Å². The Bertz CT molecular complexity index is 935. The van der Waals surface area contributed by atoms with Gasteiger partial charge >= 0.3 is 0 Å². The summed E-state index contributed by atoms with van der Waals surface area (Å²) in [7, 11) is 0. The lowest BCUT2D eigenvalue weighted by Crippen LogP contribution is -2.63. The molecule has 3 aromatic carbocycles. The molecule has 154 valence electrons. The van der Waals surface area contributed by atoms with Crippen LogP contribution in [0.1, 0.15) is 24.0 Å². The Labute approximate surface area is 179 Å². The van der Waals surface area contributed by atoms with Crippen molar-refractivity contribution in [3.63, 3.8) is 0 Å². The fourth-order valence-electron chi connectivity index (χ4n) is 5.14. The number of nitrogens with zero attached hydrogens (tertiary/aromatic N) is 1. The molecule has 30 heavy (non-hydrogen) atoms. The molecule has 0 radical (unpaired) electrons. The van der Waals surface area contributed by atoms with E-state index in [1.54, 1.807) is 0 Å². The highest BCUT2D eigenvalue weighted by Crippen LogP contribution is 2.34. The van der Waals surface area contributed by atoms with Gasteiger partial charge in [0, 0.05) is 18.6 Å². The smallest absolute Gasteiger partial charge is 0.127 e. The molecule has 3 heteroatoms. The molecule has 1 N–H and O–H groups in total. The molecule has 3 aliphatic heterocycles. The van der Waals surface area contributed by atoms with Crippen LogP contribution in [-0.2, 0) is 13.0 Å². The molecule has 3 aromatic rings. The largest absolute Gasteiger partial charge is 0.457 e. The maximum Gasteiger partial charge on any atom is 0.127 e. The van der Waals surface area contributed by atoms with Crippen LogP contribution in [0.4, 0.5) is 0 Å². The van der Waals surface area contributed by atoms with E-state index in [0.29, 0.717) is 12.1 Å². The normalized spacial score (nSPS) is 25.2. The van der Waals surface area contributed by atoms with E-state index < -0.39 is 0 Å². The molecule has 0 aliphatic carbocycles. The van der Waals surface area contributed by atoms with Crippen molar-refractivity contribution in [2.24, 2.45) is 5.92 Å². The fourth-order valence-corrected chi connectivity index (χ4v) is 5.14. The van der Waals surface area contributed by atoms with Gasteiger partial charge in [0.15, 0.2) is 0 Å². The van der Waals surface area contributed by atoms with Crippen LogP contribution in [0.2, 0.25) is 0 Å². The lowest BCUT2D eigenvalue weighted by Gasteiger charge is -2.51. The number of para-hydroxylation sites is 1. The average molecular weight is 399 g/mol. The Morgan fingerprint density at radius 1 is 0.767 bits per heavy atom. The molecule has 0 aromatic heterocycles. The van der Waals surface area contributed by atoms with Gasteiger partial charge in [0.25, 0.3) is 0 Å². The summed E-state index contributed by atoms with van der Waals surface area (Å²) in [4.78, 5) is 2.70. The van der Waals surface area contributed by atoms with Gasteiger partial charge in [-0.2, -0.15) is 0 Å². The molecular weight excluding hydrogens is 368 g/mol. The highest BCUT2D eigenvalue weighted by molar-refractivity contribution is 5.34. The topological polar surface area (TPSA) is 24.5 Å². The molecule has 3 saturated heterocycles. The minimum Gasteiger partial charge on any atom is -0.457 e. The highest BCUT2D eigenvalue weighted by Gasteiger charge is 2.41. The number of hydrogen-bond acceptors (Lipinski definition) is 3. The van der Waals surface area contributed by atoms with Crippen molar-refractivity contribution in [2.45, 2.75) is 37.9 Å². The molecule has 3 heterocycles. The van der Waals surface area contributed by atoms with Crippen molar-refractivity contribution < 1.29 is 4.74 Å². The molecule has 0 spiro atoms. The summed E-state index contributed by atoms with van der Waals surface area (Å²) in [6.07, 6.45) is 3.70. The lowest BCUT2D eigenvalue weighted by molar-refractivity contribution is 0.0127. The molecule has 3 nitrogen and oxygen atoms in total. The van der Waals surface area contributed by atoms with Crippen LogP contribution in [0.3, 0.4) is 0 Å². The molecular formula is C27H30N2O. The van der Waals surface area contributed by atoms with Gasteiger partial charge in [0.1, 0.15) is 11.5 Å². The first-order valence-electron chi connectivity index (χ1n) is 11.2. The second kappa shape index (κ2) is 9.03. The van der Waals surface area contributed by atoms with Crippen molar-refractivity contribution in [1.29, 1.82) is 0 Å². The van der Waals surface area contributed by atoms with E-state index in [9.17, 15) is 0 Å². The van der Waals surface area contributed by atoms with E-state index in [-0.39, 0.29) is 0 Å². The molecule has 0 saturated carbocycles. The third-order valence-electron chi connectivity index (χ3n) is 6.67. The minimum atomic E-state index is 0.548. The first-order valence-corrected chi connectivity index (χ1v) is 11.2. The Hall–Kier alpha value is -2.62. The summed E-state index contributed by atoms with van der Waals surface area (Å²) >= 11 is 0. The van der Waals surface area contributed by atoms with Gasteiger partial charge in [0.2, 0.25) is 0 Å².